The van der Waals surface area contributed by atoms with Gasteiger partial charge in [-0.1, -0.05) is 23.2 Å². The summed E-state index contributed by atoms with van der Waals surface area (Å²) in [5, 5.41) is 5.69. The van der Waals surface area contributed by atoms with Gasteiger partial charge in [-0.05, 0) is 63.9 Å². The van der Waals surface area contributed by atoms with Crippen molar-refractivity contribution in [1.29, 1.82) is 0 Å². The number of benzene rings is 2. The number of amides is 1. The molecule has 0 unspecified atom stereocenters. The lowest BCUT2D eigenvalue weighted by molar-refractivity contribution is -0.144. The van der Waals surface area contributed by atoms with Crippen molar-refractivity contribution in [1.82, 2.24) is 14.7 Å². The number of aromatic nitrogens is 2. The topological polar surface area (TPSA) is 82.9 Å². The lowest BCUT2D eigenvalue weighted by Crippen LogP contribution is -2.43. The Bertz CT molecular complexity index is 1460. The summed E-state index contributed by atoms with van der Waals surface area (Å²) >= 11 is 12.7. The number of esters is 1. The van der Waals surface area contributed by atoms with Gasteiger partial charge in [0.2, 0.25) is 0 Å². The fourth-order valence-electron chi connectivity index (χ4n) is 4.89. The minimum atomic E-state index is -0.421. The van der Waals surface area contributed by atoms with Gasteiger partial charge in [-0.2, -0.15) is 5.10 Å². The van der Waals surface area contributed by atoms with E-state index in [9.17, 15) is 9.59 Å². The van der Waals surface area contributed by atoms with Crippen molar-refractivity contribution in [2.75, 3.05) is 20.8 Å². The molecule has 2 aromatic carbocycles. The second kappa shape index (κ2) is 10.1. The third kappa shape index (κ3) is 4.96. The molecule has 0 radical (unpaired) electrons. The zero-order chi connectivity index (χ0) is 28.2. The first-order chi connectivity index (χ1) is 18.4. The number of carbonyl (C=O) groups is 2. The third-order valence-corrected chi connectivity index (χ3v) is 7.76. The van der Waals surface area contributed by atoms with Crippen molar-refractivity contribution in [2.45, 2.75) is 52.2 Å². The van der Waals surface area contributed by atoms with Crippen LogP contribution in [-0.2, 0) is 16.1 Å². The SMILES string of the molecule is CCOC(=O)[C@@H]1C[C@H]1c1cc2c(cc1OC)OCc1c(C(=O)N(C)C(C)(C)C)nn(-c3cc(Cl)cc(Cl)c3)c1-2. The maximum atomic E-state index is 13.7. The van der Waals surface area contributed by atoms with E-state index < -0.39 is 5.54 Å². The van der Waals surface area contributed by atoms with Crippen LogP contribution in [-0.4, -0.2) is 52.9 Å². The van der Waals surface area contributed by atoms with Crippen LogP contribution in [0.25, 0.3) is 16.9 Å². The molecular weight excluding hydrogens is 541 g/mol. The molecule has 206 valence electrons. The van der Waals surface area contributed by atoms with Crippen molar-refractivity contribution in [2.24, 2.45) is 5.92 Å². The van der Waals surface area contributed by atoms with E-state index in [-0.39, 0.29) is 36.0 Å². The third-order valence-electron chi connectivity index (χ3n) is 7.33. The average molecular weight is 572 g/mol. The number of rotatable bonds is 6. The van der Waals surface area contributed by atoms with Crippen LogP contribution in [0, 0.1) is 5.92 Å². The molecule has 1 aliphatic carbocycles. The van der Waals surface area contributed by atoms with Gasteiger partial charge in [0.25, 0.3) is 5.91 Å². The zero-order valence-corrected chi connectivity index (χ0v) is 24.3. The Labute approximate surface area is 237 Å². The molecule has 1 aromatic heterocycles. The number of carbonyl (C=O) groups excluding carboxylic acids is 2. The van der Waals surface area contributed by atoms with Gasteiger partial charge in [-0.3, -0.25) is 9.59 Å². The Morgan fingerprint density at radius 3 is 2.46 bits per heavy atom. The van der Waals surface area contributed by atoms with Crippen molar-refractivity contribution < 1.29 is 23.8 Å². The predicted molar refractivity (Wildman–Crippen MR) is 149 cm³/mol. The van der Waals surface area contributed by atoms with Gasteiger partial charge >= 0.3 is 5.97 Å². The molecule has 0 saturated heterocycles. The van der Waals surface area contributed by atoms with E-state index in [1.165, 1.54) is 0 Å². The van der Waals surface area contributed by atoms with Gasteiger partial charge in [-0.25, -0.2) is 4.68 Å². The number of hydrogen-bond acceptors (Lipinski definition) is 6. The van der Waals surface area contributed by atoms with E-state index in [2.05, 4.69) is 0 Å². The normalized spacial score (nSPS) is 17.5. The summed E-state index contributed by atoms with van der Waals surface area (Å²) in [6.45, 7) is 8.17. The molecule has 1 fully saturated rings. The minimum absolute atomic E-state index is 0.0419. The van der Waals surface area contributed by atoms with Crippen LogP contribution in [0.5, 0.6) is 11.5 Å². The van der Waals surface area contributed by atoms with E-state index in [1.54, 1.807) is 48.9 Å². The molecule has 1 saturated carbocycles. The highest BCUT2D eigenvalue weighted by molar-refractivity contribution is 6.34. The maximum absolute atomic E-state index is 13.7. The molecule has 39 heavy (non-hydrogen) atoms. The minimum Gasteiger partial charge on any atom is -0.496 e. The number of hydrogen-bond donors (Lipinski definition) is 0. The smallest absolute Gasteiger partial charge is 0.309 e. The van der Waals surface area contributed by atoms with Crippen molar-refractivity contribution in [3.8, 4) is 28.4 Å². The molecule has 1 amide bonds. The van der Waals surface area contributed by atoms with Gasteiger partial charge in [0.05, 0.1) is 31.0 Å². The summed E-state index contributed by atoms with van der Waals surface area (Å²) < 4.78 is 18.8. The van der Waals surface area contributed by atoms with Crippen molar-refractivity contribution in [3.05, 3.63) is 57.2 Å². The number of nitrogens with zero attached hydrogens (tertiary/aromatic N) is 3. The van der Waals surface area contributed by atoms with E-state index in [0.29, 0.717) is 51.5 Å². The first-order valence-electron chi connectivity index (χ1n) is 12.8. The van der Waals surface area contributed by atoms with Crippen molar-refractivity contribution in [3.63, 3.8) is 0 Å². The Kier molecular flexibility index (Phi) is 7.06. The number of halogens is 2. The van der Waals surface area contributed by atoms with E-state index >= 15 is 0 Å². The molecule has 2 aliphatic rings. The maximum Gasteiger partial charge on any atom is 0.309 e. The molecule has 0 N–H and O–H groups in total. The van der Waals surface area contributed by atoms with Gasteiger partial charge < -0.3 is 19.1 Å². The lowest BCUT2D eigenvalue weighted by Gasteiger charge is -2.31. The van der Waals surface area contributed by atoms with Crippen LogP contribution < -0.4 is 9.47 Å². The molecule has 2 heterocycles. The summed E-state index contributed by atoms with van der Waals surface area (Å²) in [5.74, 6) is 0.519. The average Bonchev–Trinajstić information content (AvgIpc) is 3.58. The molecule has 8 nitrogen and oxygen atoms in total. The monoisotopic (exact) mass is 571 g/mol. The van der Waals surface area contributed by atoms with Gasteiger partial charge in [0.1, 0.15) is 18.1 Å². The Morgan fingerprint density at radius 1 is 1.15 bits per heavy atom. The van der Waals surface area contributed by atoms with Crippen LogP contribution in [0.4, 0.5) is 0 Å². The van der Waals surface area contributed by atoms with Crippen LogP contribution in [0.2, 0.25) is 10.0 Å². The molecule has 10 heteroatoms. The van der Waals surface area contributed by atoms with E-state index in [1.807, 2.05) is 32.9 Å². The van der Waals surface area contributed by atoms with Gasteiger partial charge in [0.15, 0.2) is 5.69 Å². The molecule has 1 aliphatic heterocycles. The van der Waals surface area contributed by atoms with Crippen LogP contribution in [0.1, 0.15) is 61.6 Å². The molecular formula is C29H31Cl2N3O5. The van der Waals surface area contributed by atoms with Crippen LogP contribution >= 0.6 is 23.2 Å². The van der Waals surface area contributed by atoms with Crippen LogP contribution in [0.3, 0.4) is 0 Å². The highest BCUT2D eigenvalue weighted by Crippen LogP contribution is 2.54. The van der Waals surface area contributed by atoms with E-state index in [4.69, 9.17) is 42.5 Å². The molecule has 0 bridgehead atoms. The lowest BCUT2D eigenvalue weighted by atomic mass is 9.96. The second-order valence-electron chi connectivity index (χ2n) is 10.8. The first-order valence-corrected chi connectivity index (χ1v) is 13.6. The summed E-state index contributed by atoms with van der Waals surface area (Å²) in [7, 11) is 3.35. The molecule has 3 aromatic rings. The Morgan fingerprint density at radius 2 is 1.85 bits per heavy atom. The quantitative estimate of drug-likeness (QED) is 0.323. The summed E-state index contributed by atoms with van der Waals surface area (Å²) in [6, 6.07) is 8.95. The molecule has 0 spiro atoms. The fraction of sp³-hybridized carbons (Fsp3) is 0.414. The second-order valence-corrected chi connectivity index (χ2v) is 11.7. The summed E-state index contributed by atoms with van der Waals surface area (Å²) in [4.78, 5) is 27.8. The fourth-order valence-corrected chi connectivity index (χ4v) is 5.41. The van der Waals surface area contributed by atoms with Crippen LogP contribution in [0.15, 0.2) is 30.3 Å². The number of fused-ring (bicyclic) bond motifs is 3. The Balaban J connectivity index is 1.70. The highest BCUT2D eigenvalue weighted by Gasteiger charge is 2.47. The van der Waals surface area contributed by atoms with Crippen molar-refractivity contribution >= 4 is 35.1 Å². The standard InChI is InChI=1S/C29H31Cl2N3O5/c1-7-38-28(36)20-11-18(20)19-12-21-24(13-23(19)37-6)39-14-22-25(27(35)33(5)29(2,3)4)32-34(26(21)22)17-9-15(30)8-16(31)10-17/h8-10,12-13,18,20H,7,11,14H2,1-6H3/t18-,20+/m0/s1. The van der Waals surface area contributed by atoms with Gasteiger partial charge in [-0.15, -0.1) is 0 Å². The summed E-state index contributed by atoms with van der Waals surface area (Å²) in [6.07, 6.45) is 0.672. The number of ether oxygens (including phenoxy) is 3. The highest BCUT2D eigenvalue weighted by atomic mass is 35.5. The summed E-state index contributed by atoms with van der Waals surface area (Å²) in [5.41, 5.74) is 3.46. The van der Waals surface area contributed by atoms with E-state index in [0.717, 1.165) is 11.1 Å². The number of methoxy groups -OCH3 is 1. The Hall–Kier alpha value is -3.23. The zero-order valence-electron chi connectivity index (χ0n) is 22.8. The molecule has 2 atom stereocenters. The predicted octanol–water partition coefficient (Wildman–Crippen LogP) is 6.28. The largest absolute Gasteiger partial charge is 0.496 e. The molecule has 5 rings (SSSR count). The first kappa shape index (κ1) is 27.3. The van der Waals surface area contributed by atoms with Gasteiger partial charge in [0, 0.05) is 45.7 Å².